The van der Waals surface area contributed by atoms with Crippen LogP contribution in [-0.2, 0) is 0 Å². The lowest BCUT2D eigenvalue weighted by molar-refractivity contribution is 0.0989. The SMILES string of the molecule is CN(C(=O)c1csc(-c2ncccc2Cl)n1)c1cccnc1. The van der Waals surface area contributed by atoms with Crippen molar-refractivity contribution in [2.24, 2.45) is 0 Å². The molecule has 0 radical (unpaired) electrons. The predicted octanol–water partition coefficient (Wildman–Crippen LogP) is 3.53. The van der Waals surface area contributed by atoms with E-state index in [1.807, 2.05) is 6.07 Å². The average molecular weight is 331 g/mol. The number of rotatable bonds is 3. The summed E-state index contributed by atoms with van der Waals surface area (Å²) in [6.45, 7) is 0. The van der Waals surface area contributed by atoms with Gasteiger partial charge in [-0.25, -0.2) is 4.98 Å². The third-order valence-corrected chi connectivity index (χ3v) is 4.18. The number of pyridine rings is 2. The van der Waals surface area contributed by atoms with Crippen molar-refractivity contribution in [2.75, 3.05) is 11.9 Å². The Bertz CT molecular complexity index is 806. The van der Waals surface area contributed by atoms with Crippen molar-refractivity contribution in [3.8, 4) is 10.7 Å². The maximum Gasteiger partial charge on any atom is 0.277 e. The highest BCUT2D eigenvalue weighted by Gasteiger charge is 2.18. The molecule has 3 aromatic rings. The van der Waals surface area contributed by atoms with Crippen molar-refractivity contribution < 1.29 is 4.79 Å². The molecule has 110 valence electrons. The second-order valence-corrected chi connectivity index (χ2v) is 5.71. The van der Waals surface area contributed by atoms with E-state index in [2.05, 4.69) is 15.0 Å². The van der Waals surface area contributed by atoms with Crippen LogP contribution in [-0.4, -0.2) is 27.9 Å². The molecule has 0 saturated carbocycles. The maximum atomic E-state index is 12.5. The van der Waals surface area contributed by atoms with Crippen LogP contribution in [0.5, 0.6) is 0 Å². The number of carbonyl (C=O) groups is 1. The predicted molar refractivity (Wildman–Crippen MR) is 87.3 cm³/mol. The van der Waals surface area contributed by atoms with Crippen molar-refractivity contribution in [3.63, 3.8) is 0 Å². The van der Waals surface area contributed by atoms with E-state index in [1.54, 1.807) is 49.2 Å². The summed E-state index contributed by atoms with van der Waals surface area (Å²) in [5.74, 6) is -0.206. The molecular formula is C15H11ClN4OS. The molecule has 0 aliphatic carbocycles. The first-order valence-electron chi connectivity index (χ1n) is 6.41. The smallest absolute Gasteiger partial charge is 0.277 e. The Morgan fingerprint density at radius 2 is 2.09 bits per heavy atom. The minimum atomic E-state index is -0.206. The van der Waals surface area contributed by atoms with Crippen LogP contribution >= 0.6 is 22.9 Å². The third kappa shape index (κ3) is 2.84. The fourth-order valence-corrected chi connectivity index (χ4v) is 2.93. The fraction of sp³-hybridized carbons (Fsp3) is 0.0667. The maximum absolute atomic E-state index is 12.5. The number of halogens is 1. The fourth-order valence-electron chi connectivity index (χ4n) is 1.87. The van der Waals surface area contributed by atoms with Crippen LogP contribution < -0.4 is 4.90 Å². The van der Waals surface area contributed by atoms with E-state index < -0.39 is 0 Å². The van der Waals surface area contributed by atoms with Gasteiger partial charge in [0.1, 0.15) is 16.4 Å². The number of nitrogens with zero attached hydrogens (tertiary/aromatic N) is 4. The Morgan fingerprint density at radius 1 is 1.27 bits per heavy atom. The zero-order valence-corrected chi connectivity index (χ0v) is 13.2. The molecular weight excluding hydrogens is 320 g/mol. The number of hydrogen-bond donors (Lipinski definition) is 0. The normalized spacial score (nSPS) is 10.5. The van der Waals surface area contributed by atoms with Gasteiger partial charge < -0.3 is 4.90 Å². The lowest BCUT2D eigenvalue weighted by Gasteiger charge is -2.15. The zero-order valence-electron chi connectivity index (χ0n) is 11.6. The van der Waals surface area contributed by atoms with Crippen LogP contribution in [0.4, 0.5) is 5.69 Å². The van der Waals surface area contributed by atoms with Gasteiger partial charge in [-0.15, -0.1) is 11.3 Å². The highest BCUT2D eigenvalue weighted by atomic mass is 35.5. The lowest BCUT2D eigenvalue weighted by atomic mass is 10.3. The summed E-state index contributed by atoms with van der Waals surface area (Å²) in [6.07, 6.45) is 4.93. The molecule has 3 rings (SSSR count). The van der Waals surface area contributed by atoms with Gasteiger partial charge in [-0.3, -0.25) is 14.8 Å². The molecule has 0 unspecified atom stereocenters. The van der Waals surface area contributed by atoms with Crippen LogP contribution in [0.15, 0.2) is 48.2 Å². The van der Waals surface area contributed by atoms with Gasteiger partial charge in [-0.05, 0) is 24.3 Å². The summed E-state index contributed by atoms with van der Waals surface area (Å²) >= 11 is 7.44. The van der Waals surface area contributed by atoms with Crippen molar-refractivity contribution in [2.45, 2.75) is 0 Å². The van der Waals surface area contributed by atoms with Gasteiger partial charge in [0.2, 0.25) is 0 Å². The largest absolute Gasteiger partial charge is 0.309 e. The third-order valence-electron chi connectivity index (χ3n) is 3.02. The number of amides is 1. The van der Waals surface area contributed by atoms with E-state index in [1.165, 1.54) is 16.2 Å². The Labute approximate surface area is 136 Å². The molecule has 0 bridgehead atoms. The quantitative estimate of drug-likeness (QED) is 0.737. The summed E-state index contributed by atoms with van der Waals surface area (Å²) in [6, 6.07) is 7.09. The zero-order chi connectivity index (χ0) is 15.5. The summed E-state index contributed by atoms with van der Waals surface area (Å²) in [5.41, 5.74) is 1.64. The molecule has 3 aromatic heterocycles. The second kappa shape index (κ2) is 6.21. The Balaban J connectivity index is 1.88. The molecule has 0 fully saturated rings. The van der Waals surface area contributed by atoms with Crippen LogP contribution in [0.1, 0.15) is 10.5 Å². The van der Waals surface area contributed by atoms with Crippen molar-refractivity contribution >= 4 is 34.5 Å². The summed E-state index contributed by atoms with van der Waals surface area (Å²) in [5, 5.41) is 2.83. The van der Waals surface area contributed by atoms with E-state index in [-0.39, 0.29) is 5.91 Å². The van der Waals surface area contributed by atoms with Gasteiger partial charge in [0.05, 0.1) is 16.9 Å². The minimum Gasteiger partial charge on any atom is -0.309 e. The van der Waals surface area contributed by atoms with Gasteiger partial charge in [-0.2, -0.15) is 0 Å². The standard InChI is InChI=1S/C15H11ClN4OS/c1-20(10-4-2-6-17-8-10)15(21)12-9-22-14(19-12)13-11(16)5-3-7-18-13/h2-9H,1H3. The van der Waals surface area contributed by atoms with Gasteiger partial charge in [-0.1, -0.05) is 11.6 Å². The molecule has 0 saturated heterocycles. The van der Waals surface area contributed by atoms with Crippen LogP contribution in [0.2, 0.25) is 5.02 Å². The number of anilines is 1. The van der Waals surface area contributed by atoms with Gasteiger partial charge >= 0.3 is 0 Å². The van der Waals surface area contributed by atoms with Crippen molar-refractivity contribution in [1.82, 2.24) is 15.0 Å². The lowest BCUT2D eigenvalue weighted by Crippen LogP contribution is -2.26. The first kappa shape index (κ1) is 14.6. The summed E-state index contributed by atoms with van der Waals surface area (Å²) in [7, 11) is 1.69. The van der Waals surface area contributed by atoms with Gasteiger partial charge in [0.25, 0.3) is 5.91 Å². The number of carbonyl (C=O) groups excluding carboxylic acids is 1. The molecule has 5 nitrogen and oxygen atoms in total. The van der Waals surface area contributed by atoms with Crippen molar-refractivity contribution in [3.05, 3.63) is 59.0 Å². The van der Waals surface area contributed by atoms with Crippen molar-refractivity contribution in [1.29, 1.82) is 0 Å². The van der Waals surface area contributed by atoms with Crippen LogP contribution in [0, 0.1) is 0 Å². The molecule has 0 spiro atoms. The van der Waals surface area contributed by atoms with Gasteiger partial charge in [0, 0.05) is 24.8 Å². The summed E-state index contributed by atoms with van der Waals surface area (Å²) < 4.78 is 0. The Hall–Kier alpha value is -2.31. The number of aromatic nitrogens is 3. The molecule has 0 aliphatic heterocycles. The highest BCUT2D eigenvalue weighted by Crippen LogP contribution is 2.28. The molecule has 0 aromatic carbocycles. The Kier molecular flexibility index (Phi) is 4.13. The second-order valence-electron chi connectivity index (χ2n) is 4.45. The topological polar surface area (TPSA) is 59.0 Å². The number of hydrogen-bond acceptors (Lipinski definition) is 5. The van der Waals surface area contributed by atoms with E-state index in [0.29, 0.717) is 27.1 Å². The van der Waals surface area contributed by atoms with E-state index >= 15 is 0 Å². The first-order valence-corrected chi connectivity index (χ1v) is 7.67. The molecule has 1 amide bonds. The van der Waals surface area contributed by atoms with E-state index in [9.17, 15) is 4.79 Å². The summed E-state index contributed by atoms with van der Waals surface area (Å²) in [4.78, 5) is 26.5. The number of thiazole rings is 1. The van der Waals surface area contributed by atoms with Gasteiger partial charge in [0.15, 0.2) is 0 Å². The molecule has 22 heavy (non-hydrogen) atoms. The molecule has 7 heteroatoms. The van der Waals surface area contributed by atoms with E-state index in [4.69, 9.17) is 11.6 Å². The first-order chi connectivity index (χ1) is 10.7. The molecule has 3 heterocycles. The van der Waals surface area contributed by atoms with Crippen LogP contribution in [0.25, 0.3) is 10.7 Å². The van der Waals surface area contributed by atoms with Crippen LogP contribution in [0.3, 0.4) is 0 Å². The molecule has 0 N–H and O–H groups in total. The molecule has 0 atom stereocenters. The monoisotopic (exact) mass is 330 g/mol. The highest BCUT2D eigenvalue weighted by molar-refractivity contribution is 7.13. The Morgan fingerprint density at radius 3 is 2.82 bits per heavy atom. The molecule has 0 aliphatic rings. The average Bonchev–Trinajstić information content (AvgIpc) is 3.04. The van der Waals surface area contributed by atoms with E-state index in [0.717, 1.165) is 0 Å². The minimum absolute atomic E-state index is 0.206.